The molecule has 0 spiro atoms. The largest absolute Gasteiger partial charge is 0.493 e. The molecule has 7 heteroatoms. The fourth-order valence-corrected chi connectivity index (χ4v) is 5.10. The molecular weight excluding hydrogens is 420 g/mol. The van der Waals surface area contributed by atoms with E-state index in [2.05, 4.69) is 40.8 Å². The molecule has 1 aliphatic rings. The molecule has 0 amide bonds. The quantitative estimate of drug-likeness (QED) is 0.450. The molecule has 0 saturated heterocycles. The van der Waals surface area contributed by atoms with E-state index in [1.807, 2.05) is 30.6 Å². The summed E-state index contributed by atoms with van der Waals surface area (Å²) in [6, 6.07) is 10.5. The molecule has 3 aromatic rings. The topological polar surface area (TPSA) is 69.0 Å². The molecule has 1 saturated carbocycles. The SMILES string of the molecule is CC(C)C1CCC(Nc2nccc(-n3ccc4c(OCCCS(C)=O)cccc43)n2)CC1. The Morgan fingerprint density at radius 1 is 1.19 bits per heavy atom. The van der Waals surface area contributed by atoms with E-state index in [0.29, 0.717) is 24.3 Å². The summed E-state index contributed by atoms with van der Waals surface area (Å²) in [7, 11) is -0.785. The average Bonchev–Trinajstić information content (AvgIpc) is 3.22. The zero-order valence-electron chi connectivity index (χ0n) is 19.3. The summed E-state index contributed by atoms with van der Waals surface area (Å²) in [4.78, 5) is 9.28. The van der Waals surface area contributed by atoms with Crippen molar-refractivity contribution in [1.29, 1.82) is 0 Å². The molecule has 1 aromatic carbocycles. The molecule has 1 fully saturated rings. The van der Waals surface area contributed by atoms with Crippen LogP contribution in [-0.4, -0.2) is 43.4 Å². The van der Waals surface area contributed by atoms with Crippen LogP contribution in [0.25, 0.3) is 16.7 Å². The van der Waals surface area contributed by atoms with Crippen molar-refractivity contribution in [3.05, 3.63) is 42.7 Å². The standard InChI is InChI=1S/C25H34N4O2S/c1-18(2)19-8-10-20(11-9-19)27-25-26-14-12-24(28-25)29-15-13-21-22(29)6-4-7-23(21)31-16-5-17-32(3)30/h4,6-7,12-15,18-20H,5,8-11,16-17H2,1-3H3,(H,26,27,28). The Morgan fingerprint density at radius 2 is 2.00 bits per heavy atom. The van der Waals surface area contributed by atoms with Crippen molar-refractivity contribution in [3.63, 3.8) is 0 Å². The van der Waals surface area contributed by atoms with Gasteiger partial charge in [-0.15, -0.1) is 0 Å². The molecule has 1 unspecified atom stereocenters. The highest BCUT2D eigenvalue weighted by Crippen LogP contribution is 2.31. The Bertz CT molecular complexity index is 1060. The number of nitrogens with one attached hydrogen (secondary N) is 1. The molecule has 4 rings (SSSR count). The van der Waals surface area contributed by atoms with Gasteiger partial charge in [-0.05, 0) is 68.2 Å². The van der Waals surface area contributed by atoms with Gasteiger partial charge in [0, 0.05) is 46.6 Å². The Hall–Kier alpha value is -2.41. The summed E-state index contributed by atoms with van der Waals surface area (Å²) in [6.07, 6.45) is 11.2. The maximum absolute atomic E-state index is 11.3. The van der Waals surface area contributed by atoms with Gasteiger partial charge in [-0.3, -0.25) is 4.21 Å². The third kappa shape index (κ3) is 5.49. The van der Waals surface area contributed by atoms with E-state index in [0.717, 1.165) is 40.7 Å². The summed E-state index contributed by atoms with van der Waals surface area (Å²) < 4.78 is 19.3. The number of hydrogen-bond acceptors (Lipinski definition) is 5. The maximum Gasteiger partial charge on any atom is 0.224 e. The van der Waals surface area contributed by atoms with E-state index in [1.54, 1.807) is 6.26 Å². The van der Waals surface area contributed by atoms with Gasteiger partial charge < -0.3 is 14.6 Å². The van der Waals surface area contributed by atoms with E-state index in [1.165, 1.54) is 25.7 Å². The summed E-state index contributed by atoms with van der Waals surface area (Å²) in [6.45, 7) is 5.22. The van der Waals surface area contributed by atoms with Gasteiger partial charge in [0.1, 0.15) is 11.6 Å². The molecule has 0 radical (unpaired) electrons. The Labute approximate surface area is 193 Å². The average molecular weight is 455 g/mol. The van der Waals surface area contributed by atoms with Crippen LogP contribution in [0.5, 0.6) is 5.75 Å². The zero-order chi connectivity index (χ0) is 22.5. The first-order valence-electron chi connectivity index (χ1n) is 11.6. The fraction of sp³-hybridized carbons (Fsp3) is 0.520. The predicted octanol–water partition coefficient (Wildman–Crippen LogP) is 5.19. The molecule has 1 atom stereocenters. The van der Waals surface area contributed by atoms with E-state index in [4.69, 9.17) is 9.72 Å². The van der Waals surface area contributed by atoms with Crippen LogP contribution in [0.1, 0.15) is 46.0 Å². The first-order chi connectivity index (χ1) is 15.5. The maximum atomic E-state index is 11.3. The van der Waals surface area contributed by atoms with Gasteiger partial charge in [-0.25, -0.2) is 4.98 Å². The first kappa shape index (κ1) is 22.8. The van der Waals surface area contributed by atoms with Crippen molar-refractivity contribution in [2.75, 3.05) is 23.9 Å². The fourth-order valence-electron chi connectivity index (χ4n) is 4.58. The van der Waals surface area contributed by atoms with Crippen molar-refractivity contribution in [2.24, 2.45) is 11.8 Å². The number of anilines is 1. The molecule has 1 N–H and O–H groups in total. The molecule has 32 heavy (non-hydrogen) atoms. The molecule has 172 valence electrons. The van der Waals surface area contributed by atoms with Crippen molar-refractivity contribution in [2.45, 2.75) is 52.0 Å². The zero-order valence-corrected chi connectivity index (χ0v) is 20.1. The summed E-state index contributed by atoms with van der Waals surface area (Å²) in [5.74, 6) is 4.64. The minimum absolute atomic E-state index is 0.444. The van der Waals surface area contributed by atoms with Crippen LogP contribution < -0.4 is 10.1 Å². The molecule has 1 aliphatic carbocycles. The van der Waals surface area contributed by atoms with E-state index in [-0.39, 0.29) is 0 Å². The lowest BCUT2D eigenvalue weighted by Crippen LogP contribution is -2.28. The van der Waals surface area contributed by atoms with Gasteiger partial charge in [0.05, 0.1) is 12.1 Å². The highest BCUT2D eigenvalue weighted by Gasteiger charge is 2.23. The smallest absolute Gasteiger partial charge is 0.224 e. The minimum atomic E-state index is -0.785. The van der Waals surface area contributed by atoms with Gasteiger partial charge >= 0.3 is 0 Å². The minimum Gasteiger partial charge on any atom is -0.493 e. The lowest BCUT2D eigenvalue weighted by atomic mass is 9.80. The predicted molar refractivity (Wildman–Crippen MR) is 132 cm³/mol. The highest BCUT2D eigenvalue weighted by atomic mass is 32.2. The third-order valence-electron chi connectivity index (χ3n) is 6.46. The van der Waals surface area contributed by atoms with Crippen LogP contribution in [0.3, 0.4) is 0 Å². The number of ether oxygens (including phenoxy) is 1. The van der Waals surface area contributed by atoms with Crippen LogP contribution in [0.15, 0.2) is 42.7 Å². The Balaban J connectivity index is 1.46. The first-order valence-corrected chi connectivity index (χ1v) is 13.4. The molecular formula is C25H34N4O2S. The van der Waals surface area contributed by atoms with Crippen LogP contribution in [-0.2, 0) is 10.8 Å². The molecule has 2 heterocycles. The Kier molecular flexibility index (Phi) is 7.45. The number of benzene rings is 1. The number of fused-ring (bicyclic) bond motifs is 1. The number of nitrogens with zero attached hydrogens (tertiary/aromatic N) is 3. The number of aromatic nitrogens is 3. The van der Waals surface area contributed by atoms with Gasteiger partial charge in [0.25, 0.3) is 0 Å². The van der Waals surface area contributed by atoms with Crippen LogP contribution >= 0.6 is 0 Å². The van der Waals surface area contributed by atoms with Gasteiger partial charge in [-0.1, -0.05) is 19.9 Å². The highest BCUT2D eigenvalue weighted by molar-refractivity contribution is 7.84. The monoisotopic (exact) mass is 454 g/mol. The number of hydrogen-bond donors (Lipinski definition) is 1. The number of rotatable bonds is 9. The van der Waals surface area contributed by atoms with Crippen LogP contribution in [0.4, 0.5) is 5.95 Å². The van der Waals surface area contributed by atoms with E-state index < -0.39 is 10.8 Å². The summed E-state index contributed by atoms with van der Waals surface area (Å²) in [5.41, 5.74) is 1.05. The van der Waals surface area contributed by atoms with Gasteiger partial charge in [0.2, 0.25) is 5.95 Å². The van der Waals surface area contributed by atoms with Crippen molar-refractivity contribution in [3.8, 4) is 11.6 Å². The third-order valence-corrected chi connectivity index (χ3v) is 7.33. The molecule has 2 aromatic heterocycles. The Morgan fingerprint density at radius 3 is 2.75 bits per heavy atom. The lowest BCUT2D eigenvalue weighted by Gasteiger charge is -2.31. The second-order valence-electron chi connectivity index (χ2n) is 9.09. The van der Waals surface area contributed by atoms with E-state index >= 15 is 0 Å². The van der Waals surface area contributed by atoms with E-state index in [9.17, 15) is 4.21 Å². The van der Waals surface area contributed by atoms with Crippen LogP contribution in [0.2, 0.25) is 0 Å². The molecule has 6 nitrogen and oxygen atoms in total. The van der Waals surface area contributed by atoms with Crippen molar-refractivity contribution >= 4 is 27.7 Å². The van der Waals surface area contributed by atoms with Gasteiger partial charge in [0.15, 0.2) is 0 Å². The van der Waals surface area contributed by atoms with Crippen molar-refractivity contribution in [1.82, 2.24) is 14.5 Å². The lowest BCUT2D eigenvalue weighted by molar-refractivity contribution is 0.266. The normalized spacial score (nSPS) is 19.9. The van der Waals surface area contributed by atoms with Gasteiger partial charge in [-0.2, -0.15) is 4.98 Å². The second kappa shape index (κ2) is 10.5. The second-order valence-corrected chi connectivity index (χ2v) is 10.6. The summed E-state index contributed by atoms with van der Waals surface area (Å²) in [5, 5.41) is 4.61. The molecule has 0 bridgehead atoms. The van der Waals surface area contributed by atoms with Crippen molar-refractivity contribution < 1.29 is 8.95 Å². The molecule has 0 aliphatic heterocycles. The van der Waals surface area contributed by atoms with Crippen LogP contribution in [0, 0.1) is 11.8 Å². The summed E-state index contributed by atoms with van der Waals surface area (Å²) >= 11 is 0.